The first-order valence-corrected chi connectivity index (χ1v) is 7.87. The average molecular weight is 302 g/mol. The summed E-state index contributed by atoms with van der Waals surface area (Å²) in [5.74, 6) is 0.978. The number of nitrogens with zero attached hydrogens (tertiary/aromatic N) is 2. The summed E-state index contributed by atoms with van der Waals surface area (Å²) < 4.78 is 0. The summed E-state index contributed by atoms with van der Waals surface area (Å²) >= 11 is 0. The van der Waals surface area contributed by atoms with Gasteiger partial charge >= 0.3 is 0 Å². The van der Waals surface area contributed by atoms with E-state index in [1.165, 1.54) is 12.8 Å². The molecule has 1 fully saturated rings. The first-order valence-electron chi connectivity index (χ1n) is 7.87. The van der Waals surface area contributed by atoms with Crippen LogP contribution in [0, 0.1) is 5.92 Å². The number of benzene rings is 1. The number of amides is 1. The lowest BCUT2D eigenvalue weighted by Gasteiger charge is -2.16. The van der Waals surface area contributed by atoms with Crippen molar-refractivity contribution in [3.05, 3.63) is 29.8 Å². The topological polar surface area (TPSA) is 70.7 Å². The fourth-order valence-corrected chi connectivity index (χ4v) is 2.26. The van der Waals surface area contributed by atoms with Crippen molar-refractivity contribution in [3.8, 4) is 0 Å². The van der Waals surface area contributed by atoms with Crippen molar-refractivity contribution in [1.29, 1.82) is 0 Å². The van der Waals surface area contributed by atoms with Crippen LogP contribution in [0.4, 0.5) is 5.69 Å². The van der Waals surface area contributed by atoms with Gasteiger partial charge in [-0.25, -0.2) is 4.99 Å². The molecule has 0 radical (unpaired) electrons. The van der Waals surface area contributed by atoms with Crippen molar-refractivity contribution in [2.24, 2.45) is 16.6 Å². The largest absolute Gasteiger partial charge is 0.370 e. The molecule has 1 aliphatic carbocycles. The number of rotatable bonds is 6. The van der Waals surface area contributed by atoms with Crippen LogP contribution in [-0.2, 0) is 11.3 Å². The van der Waals surface area contributed by atoms with Crippen molar-refractivity contribution in [2.75, 3.05) is 12.4 Å². The summed E-state index contributed by atoms with van der Waals surface area (Å²) in [5.41, 5.74) is 7.83. The molecule has 0 aromatic heterocycles. The van der Waals surface area contributed by atoms with Gasteiger partial charge in [0, 0.05) is 25.2 Å². The van der Waals surface area contributed by atoms with Gasteiger partial charge in [0.05, 0.1) is 6.54 Å². The number of hydrogen-bond acceptors (Lipinski definition) is 2. The third-order valence-electron chi connectivity index (χ3n) is 3.68. The Bertz CT molecular complexity index is 549. The average Bonchev–Trinajstić information content (AvgIpc) is 3.28. The Kier molecular flexibility index (Phi) is 5.41. The van der Waals surface area contributed by atoms with Crippen LogP contribution in [0.1, 0.15) is 38.7 Å². The highest BCUT2D eigenvalue weighted by molar-refractivity contribution is 5.90. The van der Waals surface area contributed by atoms with Crippen molar-refractivity contribution in [1.82, 2.24) is 4.90 Å². The van der Waals surface area contributed by atoms with Crippen LogP contribution < -0.4 is 11.1 Å². The monoisotopic (exact) mass is 302 g/mol. The highest BCUT2D eigenvalue weighted by atomic mass is 16.1. The van der Waals surface area contributed by atoms with Gasteiger partial charge in [-0.2, -0.15) is 0 Å². The molecule has 1 saturated carbocycles. The van der Waals surface area contributed by atoms with Gasteiger partial charge in [0.1, 0.15) is 0 Å². The summed E-state index contributed by atoms with van der Waals surface area (Å²) in [6, 6.07) is 8.32. The Labute approximate surface area is 132 Å². The maximum absolute atomic E-state index is 11.8. The summed E-state index contributed by atoms with van der Waals surface area (Å²) in [6.45, 7) is 4.59. The fraction of sp³-hybridized carbons (Fsp3) is 0.529. The van der Waals surface area contributed by atoms with Gasteiger partial charge in [0.2, 0.25) is 5.91 Å². The second kappa shape index (κ2) is 7.29. The molecule has 0 heterocycles. The first kappa shape index (κ1) is 16.3. The van der Waals surface area contributed by atoms with Gasteiger partial charge < -0.3 is 16.0 Å². The van der Waals surface area contributed by atoms with Gasteiger partial charge in [-0.3, -0.25) is 4.79 Å². The fourth-order valence-electron chi connectivity index (χ4n) is 2.26. The van der Waals surface area contributed by atoms with Crippen molar-refractivity contribution in [2.45, 2.75) is 45.7 Å². The number of carbonyl (C=O) groups excluding carboxylic acids is 1. The Balaban J connectivity index is 1.93. The van der Waals surface area contributed by atoms with E-state index in [1.54, 1.807) is 0 Å². The molecule has 0 saturated heterocycles. The third kappa shape index (κ3) is 5.06. The molecule has 5 heteroatoms. The van der Waals surface area contributed by atoms with Crippen LogP contribution >= 0.6 is 0 Å². The number of guanidine groups is 1. The molecule has 3 N–H and O–H groups in total. The number of carbonyl (C=O) groups is 1. The molecular formula is C17H26N4O. The van der Waals surface area contributed by atoms with Gasteiger partial charge in [0.15, 0.2) is 5.96 Å². The second-order valence-electron chi connectivity index (χ2n) is 6.36. The summed E-state index contributed by atoms with van der Waals surface area (Å²) in [5, 5.41) is 2.92. The maximum atomic E-state index is 11.8. The molecule has 1 amide bonds. The molecule has 1 aliphatic rings. The van der Waals surface area contributed by atoms with Gasteiger partial charge in [-0.05, 0) is 36.5 Å². The minimum Gasteiger partial charge on any atom is -0.370 e. The van der Waals surface area contributed by atoms with Crippen molar-refractivity contribution >= 4 is 17.6 Å². The Morgan fingerprint density at radius 1 is 1.45 bits per heavy atom. The standard InChI is InChI=1S/C17H26N4O/c1-12(2)9-16(22)20-14-6-4-5-13(10-14)11-19-17(18)21(3)15-7-8-15/h4-6,10,12,15H,7-9,11H2,1-3H3,(H2,18,19)(H,20,22). The third-order valence-corrected chi connectivity index (χ3v) is 3.68. The SMILES string of the molecule is CC(C)CC(=O)Nc1cccc(CN=C(N)N(C)C2CC2)c1. The molecule has 0 aliphatic heterocycles. The molecule has 0 bridgehead atoms. The van der Waals surface area contributed by atoms with Crippen molar-refractivity contribution < 1.29 is 4.79 Å². The number of anilines is 1. The summed E-state index contributed by atoms with van der Waals surface area (Å²) in [7, 11) is 1.99. The number of nitrogens with two attached hydrogens (primary N) is 1. The molecule has 2 rings (SSSR count). The van der Waals surface area contributed by atoms with Gasteiger partial charge in [0.25, 0.3) is 0 Å². The molecule has 0 atom stereocenters. The Morgan fingerprint density at radius 2 is 2.18 bits per heavy atom. The molecule has 1 aromatic rings. The quantitative estimate of drug-likeness (QED) is 0.627. The first-order chi connectivity index (χ1) is 10.5. The normalized spacial score (nSPS) is 15.0. The lowest BCUT2D eigenvalue weighted by atomic mass is 10.1. The van der Waals surface area contributed by atoms with Crippen LogP contribution in [-0.4, -0.2) is 29.9 Å². The van der Waals surface area contributed by atoms with Crippen LogP contribution in [0.15, 0.2) is 29.3 Å². The van der Waals surface area contributed by atoms with E-state index in [2.05, 4.69) is 10.3 Å². The molecule has 22 heavy (non-hydrogen) atoms. The Hall–Kier alpha value is -2.04. The number of nitrogens with one attached hydrogen (secondary N) is 1. The van der Waals surface area contributed by atoms with E-state index in [-0.39, 0.29) is 5.91 Å². The lowest BCUT2D eigenvalue weighted by Crippen LogP contribution is -2.35. The van der Waals surface area contributed by atoms with E-state index in [1.807, 2.05) is 50.1 Å². The molecule has 0 spiro atoms. The number of hydrogen-bond donors (Lipinski definition) is 2. The molecule has 120 valence electrons. The second-order valence-corrected chi connectivity index (χ2v) is 6.36. The van der Waals surface area contributed by atoms with Crippen LogP contribution in [0.2, 0.25) is 0 Å². The lowest BCUT2D eigenvalue weighted by molar-refractivity contribution is -0.116. The highest BCUT2D eigenvalue weighted by Crippen LogP contribution is 2.25. The van der Waals surface area contributed by atoms with Gasteiger partial charge in [-0.15, -0.1) is 0 Å². The van der Waals surface area contributed by atoms with Crippen LogP contribution in [0.5, 0.6) is 0 Å². The molecule has 5 nitrogen and oxygen atoms in total. The smallest absolute Gasteiger partial charge is 0.224 e. The summed E-state index contributed by atoms with van der Waals surface area (Å²) in [4.78, 5) is 18.3. The van der Waals surface area contributed by atoms with E-state index in [0.717, 1.165) is 11.3 Å². The molecule has 1 aromatic carbocycles. The summed E-state index contributed by atoms with van der Waals surface area (Å²) in [6.07, 6.45) is 2.93. The van der Waals surface area contributed by atoms with E-state index >= 15 is 0 Å². The Morgan fingerprint density at radius 3 is 2.82 bits per heavy atom. The minimum atomic E-state index is 0.0450. The van der Waals surface area contributed by atoms with E-state index in [4.69, 9.17) is 5.73 Å². The van der Waals surface area contributed by atoms with E-state index < -0.39 is 0 Å². The van der Waals surface area contributed by atoms with Crippen molar-refractivity contribution in [3.63, 3.8) is 0 Å². The number of aliphatic imine (C=N–C) groups is 1. The minimum absolute atomic E-state index is 0.0450. The van der Waals surface area contributed by atoms with E-state index in [0.29, 0.717) is 30.9 Å². The van der Waals surface area contributed by atoms with E-state index in [9.17, 15) is 4.79 Å². The zero-order chi connectivity index (χ0) is 16.1. The predicted octanol–water partition coefficient (Wildman–Crippen LogP) is 2.58. The maximum Gasteiger partial charge on any atom is 0.224 e. The molecular weight excluding hydrogens is 276 g/mol. The zero-order valence-corrected chi connectivity index (χ0v) is 13.7. The molecule has 0 unspecified atom stereocenters. The predicted molar refractivity (Wildman–Crippen MR) is 90.6 cm³/mol. The highest BCUT2D eigenvalue weighted by Gasteiger charge is 2.27. The van der Waals surface area contributed by atoms with Gasteiger partial charge in [-0.1, -0.05) is 26.0 Å². The van der Waals surface area contributed by atoms with Crippen LogP contribution in [0.25, 0.3) is 0 Å². The zero-order valence-electron chi connectivity index (χ0n) is 13.7. The van der Waals surface area contributed by atoms with Crippen LogP contribution in [0.3, 0.4) is 0 Å².